The molecule has 1 N–H and O–H groups in total. The molecule has 2 aliphatic rings. The van der Waals surface area contributed by atoms with E-state index in [-0.39, 0.29) is 17.0 Å². The molecule has 0 spiro atoms. The normalized spacial score (nSPS) is 15.8. The number of rotatable bonds is 2. The molecule has 4 rings (SSSR count). The molecule has 0 radical (unpaired) electrons. The molecule has 6 nitrogen and oxygen atoms in total. The fraction of sp³-hybridized carbons (Fsp3) is 0.105. The number of benzene rings is 2. The standard InChI is InChI=1S/C19H12N2O4/c20-10-14(17-18(22)12-3-1-2-4-13(12)19(17)23)21-11-5-6-15-16(9-11)25-8-7-24-15/h1-6,9,22H,7-8H2. The van der Waals surface area contributed by atoms with Crippen molar-refractivity contribution in [2.75, 3.05) is 13.2 Å². The molecule has 6 heteroatoms. The van der Waals surface area contributed by atoms with Crippen LogP contribution in [-0.2, 0) is 0 Å². The van der Waals surface area contributed by atoms with Crippen molar-refractivity contribution in [1.29, 1.82) is 5.26 Å². The lowest BCUT2D eigenvalue weighted by molar-refractivity contribution is 0.104. The van der Waals surface area contributed by atoms with Gasteiger partial charge in [0.05, 0.1) is 5.69 Å². The summed E-state index contributed by atoms with van der Waals surface area (Å²) in [5.41, 5.74) is 0.978. The Bertz CT molecular complexity index is 999. The minimum Gasteiger partial charge on any atom is -0.506 e. The van der Waals surface area contributed by atoms with Crippen molar-refractivity contribution in [3.63, 3.8) is 0 Å². The van der Waals surface area contributed by atoms with Crippen LogP contribution >= 0.6 is 0 Å². The summed E-state index contributed by atoms with van der Waals surface area (Å²) in [7, 11) is 0. The van der Waals surface area contributed by atoms with E-state index in [0.717, 1.165) is 0 Å². The summed E-state index contributed by atoms with van der Waals surface area (Å²) in [6.07, 6.45) is 0. The van der Waals surface area contributed by atoms with E-state index in [1.165, 1.54) is 0 Å². The molecule has 0 amide bonds. The smallest absolute Gasteiger partial charge is 0.200 e. The predicted molar refractivity (Wildman–Crippen MR) is 90.5 cm³/mol. The molecule has 25 heavy (non-hydrogen) atoms. The summed E-state index contributed by atoms with van der Waals surface area (Å²) < 4.78 is 10.9. The van der Waals surface area contributed by atoms with Gasteiger partial charge < -0.3 is 14.6 Å². The van der Waals surface area contributed by atoms with E-state index in [9.17, 15) is 15.2 Å². The molecule has 2 aromatic rings. The first kappa shape index (κ1) is 15.0. The van der Waals surface area contributed by atoms with Gasteiger partial charge in [0.15, 0.2) is 23.0 Å². The summed E-state index contributed by atoms with van der Waals surface area (Å²) in [6, 6.07) is 13.6. The first-order valence-electron chi connectivity index (χ1n) is 7.65. The van der Waals surface area contributed by atoms with Gasteiger partial charge in [-0.2, -0.15) is 5.26 Å². The van der Waals surface area contributed by atoms with E-state index in [2.05, 4.69) is 4.99 Å². The maximum Gasteiger partial charge on any atom is 0.200 e. The van der Waals surface area contributed by atoms with Crippen LogP contribution < -0.4 is 9.47 Å². The number of hydrogen-bond donors (Lipinski definition) is 1. The molecule has 0 saturated heterocycles. The average Bonchev–Trinajstić information content (AvgIpc) is 2.91. The highest BCUT2D eigenvalue weighted by atomic mass is 16.6. The van der Waals surface area contributed by atoms with Crippen LogP contribution in [0.1, 0.15) is 15.9 Å². The van der Waals surface area contributed by atoms with Crippen LogP contribution in [0.15, 0.2) is 53.0 Å². The first-order chi connectivity index (χ1) is 12.2. The highest BCUT2D eigenvalue weighted by Gasteiger charge is 2.32. The van der Waals surface area contributed by atoms with Crippen LogP contribution in [-0.4, -0.2) is 29.8 Å². The third-order valence-corrected chi connectivity index (χ3v) is 4.00. The minimum absolute atomic E-state index is 0.0846. The van der Waals surface area contributed by atoms with Crippen LogP contribution in [0.25, 0.3) is 5.76 Å². The largest absolute Gasteiger partial charge is 0.506 e. The second-order valence-electron chi connectivity index (χ2n) is 5.50. The molecular weight excluding hydrogens is 320 g/mol. The fourth-order valence-corrected chi connectivity index (χ4v) is 2.85. The molecule has 1 heterocycles. The Morgan fingerprint density at radius 3 is 2.52 bits per heavy atom. The number of carbonyl (C=O) groups excluding carboxylic acids is 1. The van der Waals surface area contributed by atoms with Gasteiger partial charge in [0.2, 0.25) is 0 Å². The van der Waals surface area contributed by atoms with Gasteiger partial charge >= 0.3 is 0 Å². The topological polar surface area (TPSA) is 91.9 Å². The van der Waals surface area contributed by atoms with Gasteiger partial charge in [-0.25, -0.2) is 4.99 Å². The molecule has 0 saturated carbocycles. The van der Waals surface area contributed by atoms with Crippen LogP contribution in [0.4, 0.5) is 5.69 Å². The SMILES string of the molecule is N#CC(=Nc1ccc2c(c1)OCCO2)C1=C(O)c2ccccc2C1=O. The number of aliphatic imine (C=N–C) groups is 1. The summed E-state index contributed by atoms with van der Waals surface area (Å²) in [5.74, 6) is 0.503. The lowest BCUT2D eigenvalue weighted by Gasteiger charge is -2.18. The van der Waals surface area contributed by atoms with Gasteiger partial charge in [-0.1, -0.05) is 24.3 Å². The number of allylic oxidation sites excluding steroid dienone is 1. The fourth-order valence-electron chi connectivity index (χ4n) is 2.85. The number of nitriles is 1. The Balaban J connectivity index is 1.77. The number of ketones is 1. The number of ether oxygens (including phenoxy) is 2. The maximum absolute atomic E-state index is 12.5. The molecule has 1 aliphatic heterocycles. The quantitative estimate of drug-likeness (QED) is 0.853. The van der Waals surface area contributed by atoms with Crippen LogP contribution in [0.5, 0.6) is 11.5 Å². The van der Waals surface area contributed by atoms with Crippen molar-refractivity contribution in [3.8, 4) is 17.6 Å². The molecule has 1 aliphatic carbocycles. The summed E-state index contributed by atoms with van der Waals surface area (Å²) >= 11 is 0. The monoisotopic (exact) mass is 332 g/mol. The van der Waals surface area contributed by atoms with E-state index in [1.807, 2.05) is 6.07 Å². The molecule has 0 atom stereocenters. The van der Waals surface area contributed by atoms with E-state index < -0.39 is 5.78 Å². The molecule has 122 valence electrons. The zero-order valence-corrected chi connectivity index (χ0v) is 13.0. The van der Waals surface area contributed by atoms with E-state index in [1.54, 1.807) is 42.5 Å². The van der Waals surface area contributed by atoms with Crippen molar-refractivity contribution in [2.24, 2.45) is 4.99 Å². The molecule has 0 fully saturated rings. The summed E-state index contributed by atoms with van der Waals surface area (Å²) in [5, 5.41) is 19.8. The Morgan fingerprint density at radius 2 is 1.80 bits per heavy atom. The van der Waals surface area contributed by atoms with Gasteiger partial charge in [-0.3, -0.25) is 4.79 Å². The number of carbonyl (C=O) groups is 1. The Kier molecular flexibility index (Phi) is 3.47. The highest BCUT2D eigenvalue weighted by molar-refractivity contribution is 6.39. The van der Waals surface area contributed by atoms with Crippen LogP contribution in [0.3, 0.4) is 0 Å². The lowest BCUT2D eigenvalue weighted by Crippen LogP contribution is -2.15. The Labute approximate surface area is 143 Å². The average molecular weight is 332 g/mol. The third-order valence-electron chi connectivity index (χ3n) is 4.00. The van der Waals surface area contributed by atoms with Gasteiger partial charge in [-0.05, 0) is 12.1 Å². The van der Waals surface area contributed by atoms with Crippen molar-refractivity contribution in [2.45, 2.75) is 0 Å². The van der Waals surface area contributed by atoms with E-state index in [4.69, 9.17) is 9.47 Å². The molecule has 0 bridgehead atoms. The lowest BCUT2D eigenvalue weighted by atomic mass is 10.1. The maximum atomic E-state index is 12.5. The second kappa shape index (κ2) is 5.80. The van der Waals surface area contributed by atoms with Gasteiger partial charge in [0, 0.05) is 17.2 Å². The second-order valence-corrected chi connectivity index (χ2v) is 5.50. The van der Waals surface area contributed by atoms with Crippen molar-refractivity contribution >= 4 is 22.9 Å². The highest BCUT2D eigenvalue weighted by Crippen LogP contribution is 2.35. The van der Waals surface area contributed by atoms with Gasteiger partial charge in [0.1, 0.15) is 30.6 Å². The number of nitrogens with zero attached hydrogens (tertiary/aromatic N) is 2. The van der Waals surface area contributed by atoms with Crippen LogP contribution in [0, 0.1) is 11.3 Å². The molecule has 0 unspecified atom stereocenters. The summed E-state index contributed by atoms with van der Waals surface area (Å²) in [6.45, 7) is 0.914. The third kappa shape index (κ3) is 2.42. The van der Waals surface area contributed by atoms with E-state index >= 15 is 0 Å². The number of Topliss-reactive ketones (excluding diaryl/α,β-unsaturated/α-hetero) is 1. The number of aliphatic hydroxyl groups is 1. The Hall–Kier alpha value is -3.59. The minimum atomic E-state index is -0.411. The molecular formula is C19H12N2O4. The Morgan fingerprint density at radius 1 is 1.08 bits per heavy atom. The molecule has 2 aromatic carbocycles. The van der Waals surface area contributed by atoms with Crippen LogP contribution in [0.2, 0.25) is 0 Å². The van der Waals surface area contributed by atoms with Gasteiger partial charge in [0.25, 0.3) is 0 Å². The summed E-state index contributed by atoms with van der Waals surface area (Å²) in [4.78, 5) is 16.8. The van der Waals surface area contributed by atoms with Crippen molar-refractivity contribution in [1.82, 2.24) is 0 Å². The number of hydrogen-bond acceptors (Lipinski definition) is 6. The zero-order chi connectivity index (χ0) is 17.4. The van der Waals surface area contributed by atoms with E-state index in [0.29, 0.717) is 41.5 Å². The number of aliphatic hydroxyl groups excluding tert-OH is 1. The number of fused-ring (bicyclic) bond motifs is 2. The predicted octanol–water partition coefficient (Wildman–Crippen LogP) is 3.22. The molecule has 0 aromatic heterocycles. The van der Waals surface area contributed by atoms with Gasteiger partial charge in [-0.15, -0.1) is 0 Å². The zero-order valence-electron chi connectivity index (χ0n) is 13.0. The first-order valence-corrected chi connectivity index (χ1v) is 7.65. The van der Waals surface area contributed by atoms with Crippen molar-refractivity contribution < 1.29 is 19.4 Å². The van der Waals surface area contributed by atoms with Crippen molar-refractivity contribution in [3.05, 3.63) is 59.2 Å².